The van der Waals surface area contributed by atoms with E-state index in [1.54, 1.807) is 0 Å². The third-order valence-electron chi connectivity index (χ3n) is 1.36. The third-order valence-corrected chi connectivity index (χ3v) is 3.02. The fourth-order valence-corrected chi connectivity index (χ4v) is 2.39. The molecule has 1 aromatic carbocycles. The van der Waals surface area contributed by atoms with E-state index in [-0.39, 0.29) is 0 Å². The minimum absolute atomic E-state index is 0.421. The Labute approximate surface area is 64.4 Å². The summed E-state index contributed by atoms with van der Waals surface area (Å²) < 4.78 is 1.30. The van der Waals surface area contributed by atoms with Crippen LogP contribution in [0.1, 0.15) is 0 Å². The number of rotatable bonds is 0. The van der Waals surface area contributed by atoms with Gasteiger partial charge >= 0.3 is 64.0 Å². The number of benzene rings is 1. The Kier molecular flexibility index (Phi) is 1.26. The van der Waals surface area contributed by atoms with Gasteiger partial charge in [0.1, 0.15) is 0 Å². The van der Waals surface area contributed by atoms with Gasteiger partial charge in [-0.15, -0.1) is 0 Å². The summed E-state index contributed by atoms with van der Waals surface area (Å²) in [4.78, 5) is 4.19. The second-order valence-corrected chi connectivity index (χ2v) is 3.94. The molecule has 0 bridgehead atoms. The molecule has 0 fully saturated rings. The van der Waals surface area contributed by atoms with Gasteiger partial charge in [-0.2, -0.15) is 0 Å². The molecule has 0 unspecified atom stereocenters. The van der Waals surface area contributed by atoms with Crippen LogP contribution in [0, 0.1) is 0 Å². The van der Waals surface area contributed by atoms with Crippen LogP contribution in [-0.2, 0) is 0 Å². The second kappa shape index (κ2) is 2.11. The molecule has 0 saturated heterocycles. The van der Waals surface area contributed by atoms with Crippen LogP contribution in [-0.4, -0.2) is 19.5 Å². The predicted octanol–water partition coefficient (Wildman–Crippen LogP) is 0.874. The first-order chi connectivity index (χ1) is 4.86. The SMILES string of the molecule is Nc1ccc2nc[se]c2c1. The van der Waals surface area contributed by atoms with Crippen molar-refractivity contribution < 1.29 is 0 Å². The first kappa shape index (κ1) is 5.95. The summed E-state index contributed by atoms with van der Waals surface area (Å²) in [7, 11) is 0. The summed E-state index contributed by atoms with van der Waals surface area (Å²) in [5.41, 5.74) is 7.52. The second-order valence-electron chi connectivity index (χ2n) is 2.08. The van der Waals surface area contributed by atoms with Crippen LogP contribution in [0.2, 0.25) is 0 Å². The quantitative estimate of drug-likeness (QED) is 0.502. The molecule has 1 aromatic heterocycles. The molecular weight excluding hydrogens is 191 g/mol. The first-order valence-electron chi connectivity index (χ1n) is 2.95. The number of nitrogens with zero attached hydrogens (tertiary/aromatic N) is 1. The zero-order chi connectivity index (χ0) is 6.97. The van der Waals surface area contributed by atoms with Crippen molar-refractivity contribution in [3.05, 3.63) is 23.3 Å². The molecule has 0 atom stereocenters. The van der Waals surface area contributed by atoms with Crippen molar-refractivity contribution in [1.29, 1.82) is 0 Å². The summed E-state index contributed by atoms with van der Waals surface area (Å²) >= 11 is 0.421. The number of fused-ring (bicyclic) bond motifs is 1. The summed E-state index contributed by atoms with van der Waals surface area (Å²) in [6, 6.07) is 5.86. The van der Waals surface area contributed by atoms with Crippen molar-refractivity contribution in [1.82, 2.24) is 4.98 Å². The van der Waals surface area contributed by atoms with Crippen LogP contribution >= 0.6 is 0 Å². The molecule has 3 heteroatoms. The Morgan fingerprint density at radius 3 is 3.20 bits per heavy atom. The van der Waals surface area contributed by atoms with Crippen LogP contribution in [0.5, 0.6) is 0 Å². The van der Waals surface area contributed by atoms with Gasteiger partial charge in [-0.25, -0.2) is 0 Å². The molecule has 0 radical (unpaired) electrons. The van der Waals surface area contributed by atoms with Gasteiger partial charge in [0.2, 0.25) is 0 Å². The molecule has 50 valence electrons. The molecule has 1 heterocycles. The Morgan fingerprint density at radius 1 is 1.40 bits per heavy atom. The van der Waals surface area contributed by atoms with Crippen molar-refractivity contribution in [2.45, 2.75) is 0 Å². The van der Waals surface area contributed by atoms with Crippen molar-refractivity contribution in [3.8, 4) is 0 Å². The summed E-state index contributed by atoms with van der Waals surface area (Å²) in [6.07, 6.45) is 0. The van der Waals surface area contributed by atoms with E-state index in [0.29, 0.717) is 14.5 Å². The standard InChI is InChI=1S/C7H6N2Se/c8-5-1-2-6-7(3-5)10-4-9-6/h1-4H,8H2. The summed E-state index contributed by atoms with van der Waals surface area (Å²) in [5, 5.41) is 1.97. The van der Waals surface area contributed by atoms with E-state index >= 15 is 0 Å². The number of nitrogens with two attached hydrogens (primary N) is 1. The van der Waals surface area contributed by atoms with Gasteiger partial charge in [0.15, 0.2) is 0 Å². The average molecular weight is 197 g/mol. The first-order valence-corrected chi connectivity index (χ1v) is 4.79. The zero-order valence-electron chi connectivity index (χ0n) is 5.24. The molecule has 2 aromatic rings. The Balaban J connectivity index is 2.86. The predicted molar refractivity (Wildman–Crippen MR) is 43.1 cm³/mol. The Morgan fingerprint density at radius 2 is 2.30 bits per heavy atom. The molecule has 10 heavy (non-hydrogen) atoms. The normalized spacial score (nSPS) is 10.4. The van der Waals surface area contributed by atoms with Gasteiger partial charge in [0, 0.05) is 0 Å². The van der Waals surface area contributed by atoms with E-state index in [4.69, 9.17) is 5.73 Å². The van der Waals surface area contributed by atoms with Crippen molar-refractivity contribution in [2.75, 3.05) is 5.73 Å². The fraction of sp³-hybridized carbons (Fsp3) is 0. The van der Waals surface area contributed by atoms with Gasteiger partial charge < -0.3 is 0 Å². The number of hydrogen-bond donors (Lipinski definition) is 1. The summed E-state index contributed by atoms with van der Waals surface area (Å²) in [5.74, 6) is 0. The molecule has 0 aliphatic heterocycles. The van der Waals surface area contributed by atoms with E-state index in [9.17, 15) is 0 Å². The van der Waals surface area contributed by atoms with Gasteiger partial charge in [-0.1, -0.05) is 0 Å². The average Bonchev–Trinajstić information content (AvgIpc) is 2.33. The topological polar surface area (TPSA) is 38.9 Å². The van der Waals surface area contributed by atoms with Gasteiger partial charge in [-0.3, -0.25) is 0 Å². The van der Waals surface area contributed by atoms with Crippen LogP contribution in [0.15, 0.2) is 23.3 Å². The summed E-state index contributed by atoms with van der Waals surface area (Å²) in [6.45, 7) is 0. The van der Waals surface area contributed by atoms with Crippen LogP contribution < -0.4 is 5.73 Å². The monoisotopic (exact) mass is 198 g/mol. The molecule has 0 aliphatic carbocycles. The third kappa shape index (κ3) is 0.838. The van der Waals surface area contributed by atoms with Crippen LogP contribution in [0.3, 0.4) is 0 Å². The molecule has 2 N–H and O–H groups in total. The van der Waals surface area contributed by atoms with Gasteiger partial charge in [0.05, 0.1) is 0 Å². The van der Waals surface area contributed by atoms with Crippen molar-refractivity contribution in [3.63, 3.8) is 0 Å². The van der Waals surface area contributed by atoms with Crippen LogP contribution in [0.4, 0.5) is 5.69 Å². The van der Waals surface area contributed by atoms with E-state index in [1.807, 2.05) is 23.3 Å². The van der Waals surface area contributed by atoms with E-state index in [0.717, 1.165) is 11.2 Å². The van der Waals surface area contributed by atoms with E-state index in [1.165, 1.54) is 4.26 Å². The van der Waals surface area contributed by atoms with Gasteiger partial charge in [0.25, 0.3) is 0 Å². The molecule has 2 nitrogen and oxygen atoms in total. The molecule has 2 rings (SSSR count). The molecule has 0 spiro atoms. The van der Waals surface area contributed by atoms with Gasteiger partial charge in [-0.05, 0) is 0 Å². The molecule has 0 amide bonds. The van der Waals surface area contributed by atoms with Crippen molar-refractivity contribution >= 4 is 30.0 Å². The zero-order valence-corrected chi connectivity index (χ0v) is 6.96. The number of aromatic nitrogens is 1. The number of hydrogen-bond acceptors (Lipinski definition) is 2. The van der Waals surface area contributed by atoms with Crippen LogP contribution in [0.25, 0.3) is 9.78 Å². The Hall–Kier alpha value is -0.791. The minimum atomic E-state index is 0.421. The molecule has 0 aliphatic rings. The molecular formula is C7H6N2Se. The number of anilines is 1. The number of nitrogen functional groups attached to an aromatic ring is 1. The molecule has 0 saturated carbocycles. The van der Waals surface area contributed by atoms with E-state index in [2.05, 4.69) is 4.98 Å². The maximum absolute atomic E-state index is 5.59. The van der Waals surface area contributed by atoms with E-state index < -0.39 is 0 Å². The van der Waals surface area contributed by atoms with Crippen molar-refractivity contribution in [2.24, 2.45) is 0 Å². The Bertz CT molecular complexity index is 353. The maximum atomic E-state index is 5.59. The fourth-order valence-electron chi connectivity index (χ4n) is 0.872.